The van der Waals surface area contributed by atoms with Crippen molar-refractivity contribution in [3.05, 3.63) is 77.5 Å². The van der Waals surface area contributed by atoms with Crippen LogP contribution in [0.5, 0.6) is 0 Å². The molecule has 0 aliphatic rings. The van der Waals surface area contributed by atoms with Crippen LogP contribution in [0.2, 0.25) is 0 Å². The van der Waals surface area contributed by atoms with E-state index in [4.69, 9.17) is 5.84 Å². The number of benzene rings is 2. The molecule has 5 heteroatoms. The Balaban J connectivity index is 2.09. The molecule has 1 aromatic heterocycles. The van der Waals surface area contributed by atoms with Crippen LogP contribution in [0.4, 0.5) is 8.78 Å². The molecule has 3 aromatic rings. The van der Waals surface area contributed by atoms with E-state index in [2.05, 4.69) is 10.4 Å². The highest BCUT2D eigenvalue weighted by molar-refractivity contribution is 5.79. The third-order valence-electron chi connectivity index (χ3n) is 3.40. The molecule has 0 fully saturated rings. The smallest absolute Gasteiger partial charge is 0.131 e. The Morgan fingerprint density at radius 3 is 2.67 bits per heavy atom. The maximum atomic E-state index is 13.9. The van der Waals surface area contributed by atoms with Crippen LogP contribution in [0.1, 0.15) is 17.2 Å². The SMILES string of the molecule is NNC(c1ccc2ncccc2c1)c1ccc(F)cc1F. The summed E-state index contributed by atoms with van der Waals surface area (Å²) < 4.78 is 27.0. The van der Waals surface area contributed by atoms with Crippen LogP contribution in [0.3, 0.4) is 0 Å². The van der Waals surface area contributed by atoms with E-state index in [0.717, 1.165) is 22.5 Å². The highest BCUT2D eigenvalue weighted by Gasteiger charge is 2.17. The molecule has 1 unspecified atom stereocenters. The topological polar surface area (TPSA) is 50.9 Å². The Hall–Kier alpha value is -2.37. The van der Waals surface area contributed by atoms with Gasteiger partial charge >= 0.3 is 0 Å². The largest absolute Gasteiger partial charge is 0.271 e. The fraction of sp³-hybridized carbons (Fsp3) is 0.0625. The molecule has 0 bridgehead atoms. The summed E-state index contributed by atoms with van der Waals surface area (Å²) in [5.74, 6) is 4.31. The minimum atomic E-state index is -0.635. The second kappa shape index (κ2) is 5.55. The van der Waals surface area contributed by atoms with Crippen molar-refractivity contribution in [2.45, 2.75) is 6.04 Å². The van der Waals surface area contributed by atoms with E-state index in [-0.39, 0.29) is 0 Å². The van der Waals surface area contributed by atoms with Crippen molar-refractivity contribution >= 4 is 10.9 Å². The molecule has 0 aliphatic heterocycles. The first kappa shape index (κ1) is 13.6. The summed E-state index contributed by atoms with van der Waals surface area (Å²) in [6.07, 6.45) is 1.71. The third kappa shape index (κ3) is 2.61. The standard InChI is InChI=1S/C16H13F2N3/c17-12-4-5-13(14(18)9-12)16(21-19)11-3-6-15-10(8-11)2-1-7-20-15/h1-9,16,21H,19H2. The van der Waals surface area contributed by atoms with E-state index in [1.54, 1.807) is 6.20 Å². The zero-order valence-electron chi connectivity index (χ0n) is 11.1. The predicted octanol–water partition coefficient (Wildman–Crippen LogP) is 3.07. The van der Waals surface area contributed by atoms with Gasteiger partial charge in [0.2, 0.25) is 0 Å². The zero-order chi connectivity index (χ0) is 14.8. The average Bonchev–Trinajstić information content (AvgIpc) is 2.50. The molecule has 0 saturated carbocycles. The van der Waals surface area contributed by atoms with Gasteiger partial charge in [0.15, 0.2) is 0 Å². The number of pyridine rings is 1. The van der Waals surface area contributed by atoms with Gasteiger partial charge in [-0.2, -0.15) is 0 Å². The van der Waals surface area contributed by atoms with Crippen LogP contribution < -0.4 is 11.3 Å². The van der Waals surface area contributed by atoms with E-state index in [0.29, 0.717) is 5.56 Å². The van der Waals surface area contributed by atoms with Gasteiger partial charge < -0.3 is 0 Å². The van der Waals surface area contributed by atoms with E-state index >= 15 is 0 Å². The van der Waals surface area contributed by atoms with E-state index in [1.165, 1.54) is 12.1 Å². The number of nitrogens with zero attached hydrogens (tertiary/aromatic N) is 1. The van der Waals surface area contributed by atoms with Gasteiger partial charge in [0, 0.05) is 23.2 Å². The molecule has 0 aliphatic carbocycles. The molecule has 1 atom stereocenters. The van der Waals surface area contributed by atoms with E-state index in [1.807, 2.05) is 30.3 Å². The summed E-state index contributed by atoms with van der Waals surface area (Å²) in [7, 11) is 0. The maximum absolute atomic E-state index is 13.9. The molecule has 2 aromatic carbocycles. The van der Waals surface area contributed by atoms with Crippen LogP contribution in [-0.2, 0) is 0 Å². The second-order valence-corrected chi connectivity index (χ2v) is 4.72. The molecule has 106 valence electrons. The summed E-state index contributed by atoms with van der Waals surface area (Å²) in [5, 5.41) is 0.928. The van der Waals surface area contributed by atoms with Crippen LogP contribution >= 0.6 is 0 Å². The summed E-state index contributed by atoms with van der Waals surface area (Å²) in [4.78, 5) is 4.23. The molecule has 1 heterocycles. The molecular formula is C16H13F2N3. The van der Waals surface area contributed by atoms with Gasteiger partial charge in [-0.05, 0) is 29.8 Å². The molecular weight excluding hydrogens is 272 g/mol. The molecule has 0 spiro atoms. The molecule has 3 N–H and O–H groups in total. The Labute approximate surface area is 120 Å². The van der Waals surface area contributed by atoms with Crippen molar-refractivity contribution in [1.29, 1.82) is 0 Å². The van der Waals surface area contributed by atoms with Gasteiger partial charge in [0.05, 0.1) is 11.6 Å². The number of hydrogen-bond donors (Lipinski definition) is 2. The van der Waals surface area contributed by atoms with Gasteiger partial charge in [-0.15, -0.1) is 0 Å². The molecule has 0 saturated heterocycles. The lowest BCUT2D eigenvalue weighted by atomic mass is 9.97. The quantitative estimate of drug-likeness (QED) is 0.574. The Kier molecular flexibility index (Phi) is 3.60. The van der Waals surface area contributed by atoms with Gasteiger partial charge in [-0.1, -0.05) is 18.2 Å². The minimum Gasteiger partial charge on any atom is -0.271 e. The number of aromatic nitrogens is 1. The van der Waals surface area contributed by atoms with Crippen molar-refractivity contribution in [2.24, 2.45) is 5.84 Å². The van der Waals surface area contributed by atoms with Crippen molar-refractivity contribution < 1.29 is 8.78 Å². The zero-order valence-corrected chi connectivity index (χ0v) is 11.1. The maximum Gasteiger partial charge on any atom is 0.131 e. The van der Waals surface area contributed by atoms with Crippen LogP contribution in [0.25, 0.3) is 10.9 Å². The van der Waals surface area contributed by atoms with Gasteiger partial charge in [-0.25, -0.2) is 14.2 Å². The number of rotatable bonds is 3. The van der Waals surface area contributed by atoms with Crippen LogP contribution in [0.15, 0.2) is 54.7 Å². The molecule has 3 nitrogen and oxygen atoms in total. The van der Waals surface area contributed by atoms with Crippen molar-refractivity contribution in [3.8, 4) is 0 Å². The van der Waals surface area contributed by atoms with Gasteiger partial charge in [0.25, 0.3) is 0 Å². The highest BCUT2D eigenvalue weighted by atomic mass is 19.1. The Bertz CT molecular complexity index is 789. The van der Waals surface area contributed by atoms with Crippen molar-refractivity contribution in [2.75, 3.05) is 0 Å². The summed E-state index contributed by atoms with van der Waals surface area (Å²) in [6, 6.07) is 12.2. The first-order valence-electron chi connectivity index (χ1n) is 6.45. The first-order valence-corrected chi connectivity index (χ1v) is 6.45. The normalized spacial score (nSPS) is 12.5. The molecule has 0 radical (unpaired) electrons. The van der Waals surface area contributed by atoms with Crippen molar-refractivity contribution in [3.63, 3.8) is 0 Å². The summed E-state index contributed by atoms with van der Waals surface area (Å²) in [6.45, 7) is 0. The molecule has 0 amide bonds. The number of nitrogens with two attached hydrogens (primary N) is 1. The van der Waals surface area contributed by atoms with Crippen LogP contribution in [-0.4, -0.2) is 4.98 Å². The van der Waals surface area contributed by atoms with E-state index < -0.39 is 17.7 Å². The Morgan fingerprint density at radius 2 is 1.90 bits per heavy atom. The highest BCUT2D eigenvalue weighted by Crippen LogP contribution is 2.26. The van der Waals surface area contributed by atoms with E-state index in [9.17, 15) is 8.78 Å². The average molecular weight is 285 g/mol. The fourth-order valence-electron chi connectivity index (χ4n) is 2.37. The number of fused-ring (bicyclic) bond motifs is 1. The van der Waals surface area contributed by atoms with Crippen LogP contribution in [0, 0.1) is 11.6 Å². The lowest BCUT2D eigenvalue weighted by molar-refractivity contribution is 0.541. The number of nitrogens with one attached hydrogen (secondary N) is 1. The number of hydrogen-bond acceptors (Lipinski definition) is 3. The molecule has 21 heavy (non-hydrogen) atoms. The van der Waals surface area contributed by atoms with Gasteiger partial charge in [0.1, 0.15) is 11.6 Å². The minimum absolute atomic E-state index is 0.294. The lowest BCUT2D eigenvalue weighted by Crippen LogP contribution is -2.29. The fourth-order valence-corrected chi connectivity index (χ4v) is 2.37. The third-order valence-corrected chi connectivity index (χ3v) is 3.40. The van der Waals surface area contributed by atoms with Gasteiger partial charge in [-0.3, -0.25) is 10.8 Å². The lowest BCUT2D eigenvalue weighted by Gasteiger charge is -2.18. The predicted molar refractivity (Wildman–Crippen MR) is 77.3 cm³/mol. The number of halogens is 2. The Morgan fingerprint density at radius 1 is 1.05 bits per heavy atom. The summed E-state index contributed by atoms with van der Waals surface area (Å²) in [5.41, 5.74) is 4.50. The molecule has 3 rings (SSSR count). The monoisotopic (exact) mass is 285 g/mol. The number of hydrazine groups is 1. The summed E-state index contributed by atoms with van der Waals surface area (Å²) >= 11 is 0. The second-order valence-electron chi connectivity index (χ2n) is 4.72. The van der Waals surface area contributed by atoms with Crippen molar-refractivity contribution in [1.82, 2.24) is 10.4 Å². The first-order chi connectivity index (χ1) is 10.2.